The lowest BCUT2D eigenvalue weighted by Crippen LogP contribution is -2.13. The van der Waals surface area contributed by atoms with Crippen molar-refractivity contribution < 1.29 is 8.42 Å². The number of nitrogens with zero attached hydrogens (tertiary/aromatic N) is 4. The highest BCUT2D eigenvalue weighted by atomic mass is 35.5. The Hall–Kier alpha value is -1.47. The summed E-state index contributed by atoms with van der Waals surface area (Å²) in [5.74, 6) is 0.401. The van der Waals surface area contributed by atoms with Gasteiger partial charge in [0.15, 0.2) is 15.7 Å². The van der Waals surface area contributed by atoms with Crippen LogP contribution in [0, 0.1) is 0 Å². The normalized spacial score (nSPS) is 11.7. The van der Waals surface area contributed by atoms with Crippen molar-refractivity contribution in [2.45, 2.75) is 25.0 Å². The van der Waals surface area contributed by atoms with Crippen LogP contribution in [0.3, 0.4) is 0 Å². The molecule has 0 saturated heterocycles. The fourth-order valence-corrected chi connectivity index (χ4v) is 3.49. The molecule has 114 valence electrons. The SMILES string of the molecule is Cn1nnnc1CS(=O)(=O)CCCCc1ccc(Cl)cc1. The summed E-state index contributed by atoms with van der Waals surface area (Å²) >= 11 is 5.82. The number of halogens is 1. The van der Waals surface area contributed by atoms with Gasteiger partial charge in [-0.05, 0) is 47.4 Å². The maximum absolute atomic E-state index is 12.0. The van der Waals surface area contributed by atoms with Crippen molar-refractivity contribution in [2.24, 2.45) is 7.05 Å². The molecule has 2 aromatic rings. The van der Waals surface area contributed by atoms with Gasteiger partial charge in [-0.1, -0.05) is 23.7 Å². The zero-order chi connectivity index (χ0) is 15.3. The molecule has 21 heavy (non-hydrogen) atoms. The van der Waals surface area contributed by atoms with Crippen LogP contribution in [0.1, 0.15) is 24.2 Å². The molecule has 1 aromatic carbocycles. The first-order valence-corrected chi connectivity index (χ1v) is 8.82. The summed E-state index contributed by atoms with van der Waals surface area (Å²) in [6.07, 6.45) is 2.28. The van der Waals surface area contributed by atoms with Gasteiger partial charge in [-0.3, -0.25) is 0 Å². The topological polar surface area (TPSA) is 77.7 Å². The van der Waals surface area contributed by atoms with Gasteiger partial charge in [-0.25, -0.2) is 13.1 Å². The number of hydrogen-bond acceptors (Lipinski definition) is 5. The van der Waals surface area contributed by atoms with Gasteiger partial charge in [0.2, 0.25) is 0 Å². The molecule has 0 radical (unpaired) electrons. The fourth-order valence-electron chi connectivity index (χ4n) is 1.94. The lowest BCUT2D eigenvalue weighted by atomic mass is 10.1. The molecule has 0 unspecified atom stereocenters. The van der Waals surface area contributed by atoms with Gasteiger partial charge in [0, 0.05) is 12.1 Å². The number of aromatic nitrogens is 4. The lowest BCUT2D eigenvalue weighted by Gasteiger charge is -2.04. The Balaban J connectivity index is 1.77. The van der Waals surface area contributed by atoms with Gasteiger partial charge in [0.05, 0.1) is 5.75 Å². The minimum Gasteiger partial charge on any atom is -0.232 e. The van der Waals surface area contributed by atoms with E-state index in [1.54, 1.807) is 7.05 Å². The molecule has 8 heteroatoms. The van der Waals surface area contributed by atoms with Crippen LogP contribution in [0.5, 0.6) is 0 Å². The molecule has 0 atom stereocenters. The van der Waals surface area contributed by atoms with Gasteiger partial charge in [0.25, 0.3) is 0 Å². The summed E-state index contributed by atoms with van der Waals surface area (Å²) in [6.45, 7) is 0. The van der Waals surface area contributed by atoms with Crippen LogP contribution >= 0.6 is 11.6 Å². The van der Waals surface area contributed by atoms with E-state index in [0.717, 1.165) is 18.4 Å². The van der Waals surface area contributed by atoms with Gasteiger partial charge in [-0.15, -0.1) is 5.10 Å². The predicted molar refractivity (Wildman–Crippen MR) is 80.7 cm³/mol. The summed E-state index contributed by atoms with van der Waals surface area (Å²) in [5.41, 5.74) is 1.16. The van der Waals surface area contributed by atoms with Crippen LogP contribution in [0.2, 0.25) is 5.02 Å². The second-order valence-electron chi connectivity index (χ2n) is 4.89. The lowest BCUT2D eigenvalue weighted by molar-refractivity contribution is 0.586. The highest BCUT2D eigenvalue weighted by Crippen LogP contribution is 2.12. The summed E-state index contributed by atoms with van der Waals surface area (Å²) in [7, 11) is -1.54. The van der Waals surface area contributed by atoms with Crippen LogP contribution in [0.4, 0.5) is 0 Å². The first-order valence-electron chi connectivity index (χ1n) is 6.62. The molecule has 1 aromatic heterocycles. The van der Waals surface area contributed by atoms with E-state index in [-0.39, 0.29) is 11.5 Å². The van der Waals surface area contributed by atoms with E-state index in [1.165, 1.54) is 4.68 Å². The van der Waals surface area contributed by atoms with E-state index in [1.807, 2.05) is 24.3 Å². The maximum Gasteiger partial charge on any atom is 0.165 e. The number of rotatable bonds is 7. The molecule has 0 aliphatic rings. The molecule has 0 aliphatic carbocycles. The number of benzene rings is 1. The Bertz CT molecular complexity index is 682. The number of aryl methyl sites for hydroxylation is 2. The van der Waals surface area contributed by atoms with Crippen molar-refractivity contribution in [1.82, 2.24) is 20.2 Å². The van der Waals surface area contributed by atoms with Gasteiger partial charge in [-0.2, -0.15) is 0 Å². The Labute approximate surface area is 129 Å². The van der Waals surface area contributed by atoms with Gasteiger partial charge >= 0.3 is 0 Å². The van der Waals surface area contributed by atoms with E-state index >= 15 is 0 Å². The number of unbranched alkanes of at least 4 members (excludes halogenated alkanes) is 1. The standard InChI is InChI=1S/C13H17ClN4O2S/c1-18-13(15-16-17-18)10-21(19,20)9-3-2-4-11-5-7-12(14)8-6-11/h5-8H,2-4,9-10H2,1H3. The number of tetrazole rings is 1. The van der Waals surface area contributed by atoms with E-state index in [9.17, 15) is 8.42 Å². The minimum atomic E-state index is -3.17. The molecular weight excluding hydrogens is 312 g/mol. The summed E-state index contributed by atoms with van der Waals surface area (Å²) < 4.78 is 25.3. The molecule has 0 aliphatic heterocycles. The van der Waals surface area contributed by atoms with E-state index < -0.39 is 9.84 Å². The van der Waals surface area contributed by atoms with E-state index in [0.29, 0.717) is 17.3 Å². The monoisotopic (exact) mass is 328 g/mol. The average molecular weight is 329 g/mol. The third-order valence-corrected chi connectivity index (χ3v) is 5.00. The second kappa shape index (κ2) is 7.00. The number of hydrogen-bond donors (Lipinski definition) is 0. The average Bonchev–Trinajstić information content (AvgIpc) is 2.82. The zero-order valence-corrected chi connectivity index (χ0v) is 13.3. The fraction of sp³-hybridized carbons (Fsp3) is 0.462. The summed E-state index contributed by atoms with van der Waals surface area (Å²) in [5, 5.41) is 11.5. The molecule has 2 rings (SSSR count). The molecule has 0 fully saturated rings. The maximum atomic E-state index is 12.0. The smallest absolute Gasteiger partial charge is 0.165 e. The molecule has 0 saturated carbocycles. The third-order valence-electron chi connectivity index (χ3n) is 3.14. The first kappa shape index (κ1) is 15.9. The highest BCUT2D eigenvalue weighted by Gasteiger charge is 2.15. The van der Waals surface area contributed by atoms with Crippen LogP contribution in [-0.2, 0) is 29.1 Å². The van der Waals surface area contributed by atoms with Gasteiger partial charge < -0.3 is 0 Å². The van der Waals surface area contributed by atoms with Crippen molar-refractivity contribution in [3.05, 3.63) is 40.7 Å². The first-order chi connectivity index (χ1) is 9.96. The van der Waals surface area contributed by atoms with Crippen LogP contribution < -0.4 is 0 Å². The predicted octanol–water partition coefficient (Wildman–Crippen LogP) is 1.80. The Morgan fingerprint density at radius 2 is 1.90 bits per heavy atom. The molecule has 0 bridgehead atoms. The molecule has 1 heterocycles. The largest absolute Gasteiger partial charge is 0.232 e. The molecule has 0 amide bonds. The van der Waals surface area contributed by atoms with Crippen molar-refractivity contribution in [2.75, 3.05) is 5.75 Å². The van der Waals surface area contributed by atoms with Crippen molar-refractivity contribution in [3.63, 3.8) is 0 Å². The molecule has 0 N–H and O–H groups in total. The van der Waals surface area contributed by atoms with Crippen molar-refractivity contribution in [1.29, 1.82) is 0 Å². The van der Waals surface area contributed by atoms with E-state index in [2.05, 4.69) is 15.5 Å². The quantitative estimate of drug-likeness (QED) is 0.724. The van der Waals surface area contributed by atoms with Crippen LogP contribution in [-0.4, -0.2) is 34.4 Å². The number of sulfone groups is 1. The molecule has 0 spiro atoms. The second-order valence-corrected chi connectivity index (χ2v) is 7.51. The van der Waals surface area contributed by atoms with Gasteiger partial charge in [0.1, 0.15) is 5.75 Å². The summed E-state index contributed by atoms with van der Waals surface area (Å²) in [6, 6.07) is 7.60. The third kappa shape index (κ3) is 5.09. The molecular formula is C13H17ClN4O2S. The van der Waals surface area contributed by atoms with E-state index in [4.69, 9.17) is 11.6 Å². The van der Waals surface area contributed by atoms with Crippen LogP contribution in [0.25, 0.3) is 0 Å². The Morgan fingerprint density at radius 1 is 1.19 bits per heavy atom. The summed E-state index contributed by atoms with van der Waals surface area (Å²) in [4.78, 5) is 0. The Morgan fingerprint density at radius 3 is 2.52 bits per heavy atom. The highest BCUT2D eigenvalue weighted by molar-refractivity contribution is 7.90. The van der Waals surface area contributed by atoms with Crippen molar-refractivity contribution in [3.8, 4) is 0 Å². The Kier molecular flexibility index (Phi) is 5.30. The van der Waals surface area contributed by atoms with Crippen LogP contribution in [0.15, 0.2) is 24.3 Å². The van der Waals surface area contributed by atoms with Crippen molar-refractivity contribution >= 4 is 21.4 Å². The molecule has 6 nitrogen and oxygen atoms in total. The minimum absolute atomic E-state index is 0.114. The zero-order valence-electron chi connectivity index (χ0n) is 11.7.